The van der Waals surface area contributed by atoms with E-state index in [2.05, 4.69) is 6.58 Å². The Hall–Kier alpha value is -0.534. The number of rotatable bonds is 2. The Morgan fingerprint density at radius 1 is 0.952 bits per heavy atom. The summed E-state index contributed by atoms with van der Waals surface area (Å²) in [5, 5.41) is 3.06. The molecule has 0 saturated carbocycles. The van der Waals surface area contributed by atoms with Crippen LogP contribution >= 0.6 is 0 Å². The van der Waals surface area contributed by atoms with Gasteiger partial charge in [-0.2, -0.15) is 0 Å². The molecule has 0 heterocycles. The molecule has 0 spiro atoms. The average molecular weight is 322 g/mol. The molecule has 0 radical (unpaired) electrons. The third-order valence-electron chi connectivity index (χ3n) is 3.34. The van der Waals surface area contributed by atoms with Crippen molar-refractivity contribution in [2.45, 2.75) is 4.90 Å². The van der Waals surface area contributed by atoms with E-state index in [1.807, 2.05) is 30.3 Å². The molecule has 3 nitrogen and oxygen atoms in total. The molecule has 3 rings (SSSR count). The van der Waals surface area contributed by atoms with Crippen molar-refractivity contribution in [3.63, 3.8) is 0 Å². The molecule has 0 N–H and O–H groups in total. The molecule has 5 heteroatoms. The van der Waals surface area contributed by atoms with Gasteiger partial charge in [-0.25, -0.2) is 8.42 Å². The fraction of sp³-hybridized carbons (Fsp3) is 0. The van der Waals surface area contributed by atoms with Crippen LogP contribution in [-0.2, 0) is 10.1 Å². The minimum absolute atomic E-state index is 0. The van der Waals surface area contributed by atoms with E-state index in [-0.39, 0.29) is 56.3 Å². The Bertz CT molecular complexity index is 946. The van der Waals surface area contributed by atoms with Gasteiger partial charge in [0.25, 0.3) is 0 Å². The van der Waals surface area contributed by atoms with Crippen LogP contribution in [0.15, 0.2) is 60.0 Å². The predicted octanol–water partition coefficient (Wildman–Crippen LogP) is 0.544. The molecule has 3 aromatic rings. The van der Waals surface area contributed by atoms with Crippen LogP contribution < -0.4 is 51.4 Å². The van der Waals surface area contributed by atoms with Crippen molar-refractivity contribution >= 4 is 37.7 Å². The first kappa shape index (κ1) is 16.8. The van der Waals surface area contributed by atoms with Gasteiger partial charge in [-0.15, -0.1) is 0 Å². The number of hydrogen-bond donors (Lipinski definition) is 0. The summed E-state index contributed by atoms with van der Waals surface area (Å²) in [6.07, 6.45) is 1.39. The largest absolute Gasteiger partial charge is 1.00 e. The SMILES string of the molecule is C=Cc1ccc2cc3ccccc3cc2c1S(=O)(=O)[O-].[K+]. The predicted molar refractivity (Wildman–Crippen MR) is 79.5 cm³/mol. The summed E-state index contributed by atoms with van der Waals surface area (Å²) in [5.41, 5.74) is 0.336. The second kappa shape index (κ2) is 6.30. The van der Waals surface area contributed by atoms with E-state index in [0.29, 0.717) is 10.9 Å². The Kier molecular flexibility index (Phi) is 5.05. The number of fused-ring (bicyclic) bond motifs is 2. The summed E-state index contributed by atoms with van der Waals surface area (Å²) in [6, 6.07) is 14.6. The maximum atomic E-state index is 11.6. The van der Waals surface area contributed by atoms with E-state index in [0.717, 1.165) is 16.2 Å². The summed E-state index contributed by atoms with van der Waals surface area (Å²) in [4.78, 5) is -0.198. The fourth-order valence-electron chi connectivity index (χ4n) is 2.44. The van der Waals surface area contributed by atoms with Gasteiger partial charge in [0.1, 0.15) is 10.1 Å². The molecule has 0 amide bonds. The number of hydrogen-bond acceptors (Lipinski definition) is 3. The summed E-state index contributed by atoms with van der Waals surface area (Å²) < 4.78 is 34.7. The molecule has 0 aliphatic rings. The van der Waals surface area contributed by atoms with Crippen LogP contribution in [0.4, 0.5) is 0 Å². The molecule has 21 heavy (non-hydrogen) atoms. The van der Waals surface area contributed by atoms with Crippen molar-refractivity contribution in [3.8, 4) is 0 Å². The van der Waals surface area contributed by atoms with Crippen molar-refractivity contribution < 1.29 is 64.4 Å². The second-order valence-electron chi connectivity index (χ2n) is 4.56. The van der Waals surface area contributed by atoms with Crippen molar-refractivity contribution in [1.29, 1.82) is 0 Å². The Morgan fingerprint density at radius 3 is 2.14 bits per heavy atom. The third kappa shape index (κ3) is 3.14. The topological polar surface area (TPSA) is 57.2 Å². The van der Waals surface area contributed by atoms with Gasteiger partial charge in [0.05, 0.1) is 4.90 Å². The Morgan fingerprint density at radius 2 is 1.57 bits per heavy atom. The smallest absolute Gasteiger partial charge is 0.744 e. The van der Waals surface area contributed by atoms with E-state index >= 15 is 0 Å². The van der Waals surface area contributed by atoms with Crippen LogP contribution in [0.5, 0.6) is 0 Å². The van der Waals surface area contributed by atoms with Crippen LogP contribution in [0.3, 0.4) is 0 Å². The molecule has 0 saturated heterocycles. The molecule has 100 valence electrons. The quantitative estimate of drug-likeness (QED) is 0.393. The van der Waals surface area contributed by atoms with Gasteiger partial charge in [0.15, 0.2) is 0 Å². The van der Waals surface area contributed by atoms with Gasteiger partial charge in [-0.05, 0) is 33.9 Å². The minimum Gasteiger partial charge on any atom is -0.744 e. The maximum Gasteiger partial charge on any atom is 1.00 e. The van der Waals surface area contributed by atoms with Crippen molar-refractivity contribution in [2.75, 3.05) is 0 Å². The molecular weight excluding hydrogens is 311 g/mol. The van der Waals surface area contributed by atoms with Gasteiger partial charge < -0.3 is 4.55 Å². The van der Waals surface area contributed by atoms with E-state index in [1.54, 1.807) is 18.2 Å². The van der Waals surface area contributed by atoms with Crippen molar-refractivity contribution in [3.05, 3.63) is 60.7 Å². The van der Waals surface area contributed by atoms with Crippen LogP contribution in [0.25, 0.3) is 27.6 Å². The van der Waals surface area contributed by atoms with Crippen LogP contribution in [-0.4, -0.2) is 13.0 Å². The molecule has 0 atom stereocenters. The zero-order valence-corrected chi connectivity index (χ0v) is 15.5. The normalized spacial score (nSPS) is 11.3. The monoisotopic (exact) mass is 322 g/mol. The summed E-state index contributed by atoms with van der Waals surface area (Å²) in [5.74, 6) is 0. The molecule has 0 bridgehead atoms. The van der Waals surface area contributed by atoms with Gasteiger partial charge in [0, 0.05) is 5.39 Å². The molecule has 0 aliphatic heterocycles. The summed E-state index contributed by atoms with van der Waals surface area (Å²) in [6.45, 7) is 3.57. The standard InChI is InChI=1S/C16H12O3S.K/c1-2-11-7-8-14-9-12-5-3-4-6-13(12)10-15(14)16(11)20(17,18)19;/h2-10H,1H2,(H,17,18,19);/q;+1/p-1. The van der Waals surface area contributed by atoms with Gasteiger partial charge in [-0.3, -0.25) is 0 Å². The zero-order chi connectivity index (χ0) is 14.3. The van der Waals surface area contributed by atoms with Crippen molar-refractivity contribution in [1.82, 2.24) is 0 Å². The number of benzene rings is 3. The fourth-order valence-corrected chi connectivity index (χ4v) is 3.33. The minimum atomic E-state index is -4.56. The second-order valence-corrected chi connectivity index (χ2v) is 5.88. The molecular formula is C16H11KO3S. The van der Waals surface area contributed by atoms with Crippen LogP contribution in [0.2, 0.25) is 0 Å². The first-order valence-electron chi connectivity index (χ1n) is 6.04. The Labute approximate surface area is 165 Å². The maximum absolute atomic E-state index is 11.6. The summed E-state index contributed by atoms with van der Waals surface area (Å²) in [7, 11) is -4.56. The molecule has 0 aliphatic carbocycles. The van der Waals surface area contributed by atoms with Gasteiger partial charge >= 0.3 is 51.4 Å². The third-order valence-corrected chi connectivity index (χ3v) is 4.29. The average Bonchev–Trinajstić information content (AvgIpc) is 2.42. The molecule has 0 aromatic heterocycles. The van der Waals surface area contributed by atoms with Crippen LogP contribution in [0, 0.1) is 0 Å². The van der Waals surface area contributed by atoms with Gasteiger partial charge in [-0.1, -0.05) is 49.1 Å². The molecule has 3 aromatic carbocycles. The zero-order valence-electron chi connectivity index (χ0n) is 11.5. The van der Waals surface area contributed by atoms with Crippen molar-refractivity contribution in [2.24, 2.45) is 0 Å². The van der Waals surface area contributed by atoms with E-state index < -0.39 is 10.1 Å². The Balaban J connectivity index is 0.00000161. The molecule has 0 unspecified atom stereocenters. The van der Waals surface area contributed by atoms with E-state index in [1.165, 1.54) is 6.08 Å². The first-order valence-corrected chi connectivity index (χ1v) is 7.45. The summed E-state index contributed by atoms with van der Waals surface area (Å²) >= 11 is 0. The van der Waals surface area contributed by atoms with Gasteiger partial charge in [0.2, 0.25) is 0 Å². The van der Waals surface area contributed by atoms with Crippen LogP contribution in [0.1, 0.15) is 5.56 Å². The van der Waals surface area contributed by atoms with E-state index in [4.69, 9.17) is 0 Å². The molecule has 0 fully saturated rings. The first-order chi connectivity index (χ1) is 9.50. The van der Waals surface area contributed by atoms with E-state index in [9.17, 15) is 13.0 Å².